The van der Waals surface area contributed by atoms with Crippen molar-refractivity contribution in [3.05, 3.63) is 66.5 Å². The molecule has 0 bridgehead atoms. The minimum Gasteiger partial charge on any atom is -0.437 e. The van der Waals surface area contributed by atoms with Gasteiger partial charge in [0.2, 0.25) is 11.8 Å². The molecule has 2 aromatic heterocycles. The number of nitrogens with one attached hydrogen (secondary N) is 3. The van der Waals surface area contributed by atoms with Crippen molar-refractivity contribution in [1.29, 1.82) is 0 Å². The lowest BCUT2D eigenvalue weighted by atomic mass is 10.0. The topological polar surface area (TPSA) is 104 Å². The van der Waals surface area contributed by atoms with E-state index in [0.29, 0.717) is 30.3 Å². The molecule has 38 heavy (non-hydrogen) atoms. The Labute approximate surface area is 222 Å². The molecular weight excluding hydrogens is 476 g/mol. The van der Waals surface area contributed by atoms with Gasteiger partial charge < -0.3 is 25.8 Å². The number of piperidine rings is 1. The molecule has 6 rings (SSSR count). The van der Waals surface area contributed by atoms with Crippen molar-refractivity contribution in [1.82, 2.24) is 20.3 Å². The van der Waals surface area contributed by atoms with E-state index in [1.807, 2.05) is 37.3 Å². The molecule has 0 amide bonds. The quantitative estimate of drug-likeness (QED) is 0.245. The Morgan fingerprint density at radius 2 is 1.95 bits per heavy atom. The molecule has 0 radical (unpaired) electrons. The van der Waals surface area contributed by atoms with Crippen molar-refractivity contribution < 1.29 is 9.84 Å². The predicted molar refractivity (Wildman–Crippen MR) is 151 cm³/mol. The average molecular weight is 511 g/mol. The Kier molecular flexibility index (Phi) is 7.07. The molecule has 4 aromatic rings. The van der Waals surface area contributed by atoms with Crippen LogP contribution in [0.25, 0.3) is 22.0 Å². The third-order valence-electron chi connectivity index (χ3n) is 7.41. The maximum absolute atomic E-state index is 10.4. The van der Waals surface area contributed by atoms with Gasteiger partial charge in [-0.2, -0.15) is 0 Å². The molecule has 2 fully saturated rings. The molecule has 0 unspecified atom stereocenters. The molecular formula is C30H34N6O2. The summed E-state index contributed by atoms with van der Waals surface area (Å²) in [6, 6.07) is 16.4. The lowest BCUT2D eigenvalue weighted by Gasteiger charge is -2.23. The summed E-state index contributed by atoms with van der Waals surface area (Å²) in [7, 11) is 0. The fraction of sp³-hybridized carbons (Fsp3) is 0.367. The lowest BCUT2D eigenvalue weighted by molar-refractivity contribution is 0.164. The molecule has 2 aliphatic rings. The van der Waals surface area contributed by atoms with Gasteiger partial charge in [0.25, 0.3) is 0 Å². The van der Waals surface area contributed by atoms with Crippen molar-refractivity contribution in [2.24, 2.45) is 5.92 Å². The van der Waals surface area contributed by atoms with Crippen LogP contribution in [0.3, 0.4) is 0 Å². The van der Waals surface area contributed by atoms with Crippen LogP contribution in [0.2, 0.25) is 0 Å². The summed E-state index contributed by atoms with van der Waals surface area (Å²) in [5, 5.41) is 22.7. The third-order valence-corrected chi connectivity index (χ3v) is 7.41. The Balaban J connectivity index is 1.29. The zero-order valence-corrected chi connectivity index (χ0v) is 21.7. The zero-order valence-electron chi connectivity index (χ0n) is 21.7. The number of benzene rings is 2. The van der Waals surface area contributed by atoms with E-state index >= 15 is 0 Å². The SMILES string of the molecule is Cc1ccc2c(NC[C@H](O)C3CC3)cccc2c1Oc1ncccc1-c1ccnc(N[C@H]2CCCNC2)n1. The number of aliphatic hydroxyl groups excluding tert-OH is 1. The van der Waals surface area contributed by atoms with E-state index in [4.69, 9.17) is 9.72 Å². The standard InChI is InChI=1S/C30H34N6O2/c1-19-9-12-22-23(6-2-8-25(22)34-18-27(37)20-10-11-20)28(19)38-29-24(7-4-15-32-29)26-13-16-33-30(36-26)35-21-5-3-14-31-17-21/h2,4,6-9,12-13,15-16,20-21,27,31,34,37H,3,5,10-11,14,17-18H2,1H3,(H,33,35,36)/t21-,27-/m0/s1. The number of rotatable bonds is 9. The van der Waals surface area contributed by atoms with E-state index in [0.717, 1.165) is 77.8 Å². The average Bonchev–Trinajstić information content (AvgIpc) is 3.80. The van der Waals surface area contributed by atoms with E-state index < -0.39 is 0 Å². The van der Waals surface area contributed by atoms with E-state index in [1.165, 1.54) is 0 Å². The Hall–Kier alpha value is -3.75. The number of aliphatic hydroxyl groups is 1. The third kappa shape index (κ3) is 5.42. The Morgan fingerprint density at radius 1 is 1.03 bits per heavy atom. The second-order valence-corrected chi connectivity index (χ2v) is 10.3. The predicted octanol–water partition coefficient (Wildman–Crippen LogP) is 5.14. The summed E-state index contributed by atoms with van der Waals surface area (Å²) in [6.07, 6.45) is 7.66. The van der Waals surface area contributed by atoms with Crippen molar-refractivity contribution in [3.8, 4) is 22.9 Å². The van der Waals surface area contributed by atoms with Gasteiger partial charge in [-0.3, -0.25) is 0 Å². The van der Waals surface area contributed by atoms with Crippen LogP contribution < -0.4 is 20.7 Å². The van der Waals surface area contributed by atoms with Crippen LogP contribution in [0.1, 0.15) is 31.2 Å². The molecule has 8 heteroatoms. The molecule has 4 N–H and O–H groups in total. The largest absolute Gasteiger partial charge is 0.437 e. The van der Waals surface area contributed by atoms with Gasteiger partial charge in [-0.05, 0) is 74.9 Å². The van der Waals surface area contributed by atoms with E-state index in [2.05, 4.69) is 44.1 Å². The summed E-state index contributed by atoms with van der Waals surface area (Å²) in [5.41, 5.74) is 3.55. The van der Waals surface area contributed by atoms with Crippen LogP contribution in [0.15, 0.2) is 60.9 Å². The first-order valence-electron chi connectivity index (χ1n) is 13.5. The maximum atomic E-state index is 10.4. The molecule has 2 atom stereocenters. The molecule has 2 aromatic carbocycles. The van der Waals surface area contributed by atoms with Gasteiger partial charge in [-0.25, -0.2) is 15.0 Å². The number of ether oxygens (including phenoxy) is 1. The molecule has 0 spiro atoms. The van der Waals surface area contributed by atoms with Gasteiger partial charge in [0.05, 0.1) is 17.4 Å². The van der Waals surface area contributed by atoms with Crippen molar-refractivity contribution in [2.75, 3.05) is 30.3 Å². The molecule has 8 nitrogen and oxygen atoms in total. The molecule has 3 heterocycles. The second kappa shape index (κ2) is 10.9. The van der Waals surface area contributed by atoms with Gasteiger partial charge in [-0.1, -0.05) is 24.3 Å². The first kappa shape index (κ1) is 24.6. The summed E-state index contributed by atoms with van der Waals surface area (Å²) >= 11 is 0. The fourth-order valence-corrected chi connectivity index (χ4v) is 5.09. The Morgan fingerprint density at radius 3 is 2.79 bits per heavy atom. The number of hydrogen-bond donors (Lipinski definition) is 4. The first-order valence-corrected chi connectivity index (χ1v) is 13.5. The lowest BCUT2D eigenvalue weighted by Crippen LogP contribution is -2.38. The molecule has 1 aliphatic heterocycles. The van der Waals surface area contributed by atoms with E-state index in [1.54, 1.807) is 12.4 Å². The number of pyridine rings is 1. The van der Waals surface area contributed by atoms with Crippen LogP contribution in [-0.2, 0) is 0 Å². The smallest absolute Gasteiger partial charge is 0.228 e. The molecule has 1 saturated heterocycles. The van der Waals surface area contributed by atoms with Gasteiger partial charge in [0.15, 0.2) is 0 Å². The van der Waals surface area contributed by atoms with Crippen LogP contribution >= 0.6 is 0 Å². The van der Waals surface area contributed by atoms with Gasteiger partial charge >= 0.3 is 0 Å². The van der Waals surface area contributed by atoms with Crippen molar-refractivity contribution in [3.63, 3.8) is 0 Å². The van der Waals surface area contributed by atoms with Crippen molar-refractivity contribution in [2.45, 2.75) is 44.8 Å². The summed E-state index contributed by atoms with van der Waals surface area (Å²) in [6.45, 7) is 4.55. The molecule has 1 saturated carbocycles. The number of hydrogen-bond acceptors (Lipinski definition) is 8. The number of nitrogens with zero attached hydrogens (tertiary/aromatic N) is 3. The summed E-state index contributed by atoms with van der Waals surface area (Å²) < 4.78 is 6.55. The minimum absolute atomic E-state index is 0.315. The Bertz CT molecular complexity index is 1420. The number of aryl methyl sites for hydroxylation is 1. The van der Waals surface area contributed by atoms with Crippen LogP contribution in [0.4, 0.5) is 11.6 Å². The normalized spacial score (nSPS) is 18.2. The maximum Gasteiger partial charge on any atom is 0.228 e. The summed E-state index contributed by atoms with van der Waals surface area (Å²) in [4.78, 5) is 13.8. The zero-order chi connectivity index (χ0) is 25.9. The molecule has 1 aliphatic carbocycles. The van der Waals surface area contributed by atoms with E-state index in [9.17, 15) is 5.11 Å². The number of fused-ring (bicyclic) bond motifs is 1. The second-order valence-electron chi connectivity index (χ2n) is 10.3. The van der Waals surface area contributed by atoms with Crippen LogP contribution in [0.5, 0.6) is 11.6 Å². The monoisotopic (exact) mass is 510 g/mol. The highest BCUT2D eigenvalue weighted by Crippen LogP contribution is 2.39. The van der Waals surface area contributed by atoms with Gasteiger partial charge in [0, 0.05) is 48.0 Å². The van der Waals surface area contributed by atoms with Gasteiger partial charge in [-0.15, -0.1) is 0 Å². The van der Waals surface area contributed by atoms with E-state index in [-0.39, 0.29) is 6.10 Å². The molecule has 196 valence electrons. The number of anilines is 2. The highest BCUT2D eigenvalue weighted by Gasteiger charge is 2.29. The minimum atomic E-state index is -0.316. The fourth-order valence-electron chi connectivity index (χ4n) is 5.09. The number of aromatic nitrogens is 3. The van der Waals surface area contributed by atoms with Crippen molar-refractivity contribution >= 4 is 22.4 Å². The first-order chi connectivity index (χ1) is 18.7. The van der Waals surface area contributed by atoms with Crippen LogP contribution in [0, 0.1) is 12.8 Å². The highest BCUT2D eigenvalue weighted by atomic mass is 16.5. The highest BCUT2D eigenvalue weighted by molar-refractivity contribution is 5.98. The van der Waals surface area contributed by atoms with Crippen LogP contribution in [-0.4, -0.2) is 51.8 Å². The summed E-state index contributed by atoms with van der Waals surface area (Å²) in [5.74, 6) is 2.29. The van der Waals surface area contributed by atoms with Gasteiger partial charge in [0.1, 0.15) is 5.75 Å².